The lowest BCUT2D eigenvalue weighted by atomic mass is 10.3. The number of hydrogen-bond donors (Lipinski definition) is 1. The number of hydrogen-bond acceptors (Lipinski definition) is 3. The number of rotatable bonds is 6. The highest BCUT2D eigenvalue weighted by Crippen LogP contribution is 2.24. The summed E-state index contributed by atoms with van der Waals surface area (Å²) >= 11 is 0. The standard InChI is InChI=1S/C16H17FO3/c1-12(18)10-11-19-14-6-8-16(9-7-14)20-15-4-2-13(17)3-5-15/h2-9,12,18H,10-11H2,1H3. The van der Waals surface area contributed by atoms with Gasteiger partial charge < -0.3 is 14.6 Å². The molecule has 0 saturated carbocycles. The molecule has 0 aromatic heterocycles. The predicted octanol–water partition coefficient (Wildman–Crippen LogP) is 3.77. The second-order valence-corrected chi connectivity index (χ2v) is 4.51. The Bertz CT molecular complexity index is 520. The minimum Gasteiger partial charge on any atom is -0.493 e. The molecule has 4 heteroatoms. The first kappa shape index (κ1) is 14.3. The van der Waals surface area contributed by atoms with E-state index in [9.17, 15) is 4.39 Å². The van der Waals surface area contributed by atoms with Crippen LogP contribution in [0, 0.1) is 5.82 Å². The van der Waals surface area contributed by atoms with Crippen LogP contribution in [0.2, 0.25) is 0 Å². The molecule has 2 aromatic carbocycles. The summed E-state index contributed by atoms with van der Waals surface area (Å²) in [6.45, 7) is 2.19. The zero-order chi connectivity index (χ0) is 14.4. The molecule has 20 heavy (non-hydrogen) atoms. The lowest BCUT2D eigenvalue weighted by molar-refractivity contribution is 0.155. The highest BCUT2D eigenvalue weighted by molar-refractivity contribution is 5.35. The van der Waals surface area contributed by atoms with Crippen LogP contribution in [0.25, 0.3) is 0 Å². The van der Waals surface area contributed by atoms with Crippen LogP contribution in [0.1, 0.15) is 13.3 Å². The fraction of sp³-hybridized carbons (Fsp3) is 0.250. The van der Waals surface area contributed by atoms with Gasteiger partial charge in [0.15, 0.2) is 0 Å². The molecule has 1 atom stereocenters. The largest absolute Gasteiger partial charge is 0.493 e. The summed E-state index contributed by atoms with van der Waals surface area (Å²) in [6, 6.07) is 13.0. The highest BCUT2D eigenvalue weighted by atomic mass is 19.1. The summed E-state index contributed by atoms with van der Waals surface area (Å²) in [5.74, 6) is 1.66. The summed E-state index contributed by atoms with van der Waals surface area (Å²) in [7, 11) is 0. The van der Waals surface area contributed by atoms with Gasteiger partial charge in [-0.3, -0.25) is 0 Å². The molecule has 0 aliphatic rings. The van der Waals surface area contributed by atoms with E-state index in [1.807, 2.05) is 0 Å². The Balaban J connectivity index is 1.89. The molecule has 0 amide bonds. The van der Waals surface area contributed by atoms with Crippen LogP contribution in [0.15, 0.2) is 48.5 Å². The Morgan fingerprint density at radius 3 is 2.00 bits per heavy atom. The van der Waals surface area contributed by atoms with Gasteiger partial charge in [0.05, 0.1) is 12.7 Å². The molecule has 0 spiro atoms. The van der Waals surface area contributed by atoms with Gasteiger partial charge in [-0.05, 0) is 55.5 Å². The van der Waals surface area contributed by atoms with Crippen LogP contribution in [-0.4, -0.2) is 17.8 Å². The summed E-state index contributed by atoms with van der Waals surface area (Å²) in [5, 5.41) is 9.13. The maximum absolute atomic E-state index is 12.8. The van der Waals surface area contributed by atoms with Gasteiger partial charge in [0, 0.05) is 6.42 Å². The summed E-state index contributed by atoms with van der Waals surface area (Å²) in [4.78, 5) is 0. The zero-order valence-electron chi connectivity index (χ0n) is 11.3. The zero-order valence-corrected chi connectivity index (χ0v) is 11.3. The summed E-state index contributed by atoms with van der Waals surface area (Å²) in [6.07, 6.45) is 0.226. The number of aliphatic hydroxyl groups is 1. The molecule has 0 bridgehead atoms. The predicted molar refractivity (Wildman–Crippen MR) is 74.7 cm³/mol. The monoisotopic (exact) mass is 276 g/mol. The number of benzene rings is 2. The maximum Gasteiger partial charge on any atom is 0.127 e. The van der Waals surface area contributed by atoms with Gasteiger partial charge in [0.25, 0.3) is 0 Å². The van der Waals surface area contributed by atoms with Crippen molar-refractivity contribution in [2.24, 2.45) is 0 Å². The van der Waals surface area contributed by atoms with Crippen molar-refractivity contribution < 1.29 is 19.0 Å². The Kier molecular flexibility index (Phi) is 4.96. The average Bonchev–Trinajstić information content (AvgIpc) is 2.43. The first-order chi connectivity index (χ1) is 9.63. The molecule has 1 unspecified atom stereocenters. The van der Waals surface area contributed by atoms with Gasteiger partial charge in [0.2, 0.25) is 0 Å². The SMILES string of the molecule is CC(O)CCOc1ccc(Oc2ccc(F)cc2)cc1. The molecular weight excluding hydrogens is 259 g/mol. The van der Waals surface area contributed by atoms with Crippen LogP contribution >= 0.6 is 0 Å². The first-order valence-electron chi connectivity index (χ1n) is 6.48. The number of halogens is 1. The second-order valence-electron chi connectivity index (χ2n) is 4.51. The summed E-state index contributed by atoms with van der Waals surface area (Å²) in [5.41, 5.74) is 0. The van der Waals surface area contributed by atoms with Crippen molar-refractivity contribution >= 4 is 0 Å². The van der Waals surface area contributed by atoms with E-state index >= 15 is 0 Å². The lowest BCUT2D eigenvalue weighted by Crippen LogP contribution is -2.07. The molecule has 0 aliphatic carbocycles. The molecule has 106 valence electrons. The van der Waals surface area contributed by atoms with E-state index in [2.05, 4.69) is 0 Å². The van der Waals surface area contributed by atoms with Gasteiger partial charge in [-0.15, -0.1) is 0 Å². The lowest BCUT2D eigenvalue weighted by Gasteiger charge is -2.09. The van der Waals surface area contributed by atoms with Crippen LogP contribution in [0.5, 0.6) is 17.2 Å². The quantitative estimate of drug-likeness (QED) is 0.873. The summed E-state index contributed by atoms with van der Waals surface area (Å²) < 4.78 is 23.8. The van der Waals surface area contributed by atoms with Gasteiger partial charge >= 0.3 is 0 Å². The molecule has 0 radical (unpaired) electrons. The van der Waals surface area contributed by atoms with Crippen molar-refractivity contribution in [3.05, 3.63) is 54.3 Å². The number of aliphatic hydroxyl groups excluding tert-OH is 1. The fourth-order valence-electron chi connectivity index (χ4n) is 1.59. The molecule has 3 nitrogen and oxygen atoms in total. The van der Waals surface area contributed by atoms with Crippen molar-refractivity contribution in [2.75, 3.05) is 6.61 Å². The van der Waals surface area contributed by atoms with Crippen LogP contribution in [-0.2, 0) is 0 Å². The molecule has 0 fully saturated rings. The normalized spacial score (nSPS) is 11.9. The second kappa shape index (κ2) is 6.91. The maximum atomic E-state index is 12.8. The molecule has 1 N–H and O–H groups in total. The molecule has 0 aliphatic heterocycles. The molecule has 2 rings (SSSR count). The Morgan fingerprint density at radius 2 is 1.45 bits per heavy atom. The third-order valence-corrected chi connectivity index (χ3v) is 2.68. The highest BCUT2D eigenvalue weighted by Gasteiger charge is 2.00. The molecular formula is C16H17FO3. The molecule has 0 saturated heterocycles. The minimum atomic E-state index is -0.365. The van der Waals surface area contributed by atoms with E-state index < -0.39 is 0 Å². The van der Waals surface area contributed by atoms with Crippen molar-refractivity contribution in [2.45, 2.75) is 19.4 Å². The molecule has 0 heterocycles. The fourth-order valence-corrected chi connectivity index (χ4v) is 1.59. The van der Waals surface area contributed by atoms with Crippen molar-refractivity contribution in [3.8, 4) is 17.2 Å². The third kappa shape index (κ3) is 4.55. The van der Waals surface area contributed by atoms with Crippen molar-refractivity contribution in [3.63, 3.8) is 0 Å². The van der Waals surface area contributed by atoms with E-state index in [0.717, 1.165) is 5.75 Å². The number of ether oxygens (including phenoxy) is 2. The van der Waals surface area contributed by atoms with Gasteiger partial charge in [-0.25, -0.2) is 4.39 Å². The topological polar surface area (TPSA) is 38.7 Å². The Hall–Kier alpha value is -2.07. The Morgan fingerprint density at radius 1 is 0.950 bits per heavy atom. The van der Waals surface area contributed by atoms with Gasteiger partial charge in [0.1, 0.15) is 23.1 Å². The van der Waals surface area contributed by atoms with E-state index in [1.165, 1.54) is 12.1 Å². The van der Waals surface area contributed by atoms with Gasteiger partial charge in [-0.1, -0.05) is 0 Å². The van der Waals surface area contributed by atoms with E-state index in [1.54, 1.807) is 43.3 Å². The van der Waals surface area contributed by atoms with E-state index in [4.69, 9.17) is 14.6 Å². The Labute approximate surface area is 117 Å². The average molecular weight is 276 g/mol. The smallest absolute Gasteiger partial charge is 0.127 e. The van der Waals surface area contributed by atoms with Crippen molar-refractivity contribution in [1.29, 1.82) is 0 Å². The molecule has 2 aromatic rings. The van der Waals surface area contributed by atoms with Crippen LogP contribution < -0.4 is 9.47 Å². The van der Waals surface area contributed by atoms with Crippen LogP contribution in [0.4, 0.5) is 4.39 Å². The van der Waals surface area contributed by atoms with E-state index in [0.29, 0.717) is 24.5 Å². The third-order valence-electron chi connectivity index (χ3n) is 2.68. The van der Waals surface area contributed by atoms with Crippen molar-refractivity contribution in [1.82, 2.24) is 0 Å². The van der Waals surface area contributed by atoms with Gasteiger partial charge in [-0.2, -0.15) is 0 Å². The van der Waals surface area contributed by atoms with E-state index in [-0.39, 0.29) is 11.9 Å². The van der Waals surface area contributed by atoms with Crippen LogP contribution in [0.3, 0.4) is 0 Å². The first-order valence-corrected chi connectivity index (χ1v) is 6.48. The minimum absolute atomic E-state index is 0.292.